The summed E-state index contributed by atoms with van der Waals surface area (Å²) in [6.45, 7) is 4.22. The molecule has 1 unspecified atom stereocenters. The number of nitrogen functional groups attached to an aromatic ring is 1. The molecule has 0 aromatic carbocycles. The minimum absolute atomic E-state index is 0.467. The fraction of sp³-hybridized carbons (Fsp3) is 0.583. The highest BCUT2D eigenvalue weighted by atomic mass is 79.9. The van der Waals surface area contributed by atoms with E-state index in [0.29, 0.717) is 6.04 Å². The lowest BCUT2D eigenvalue weighted by Crippen LogP contribution is -2.30. The van der Waals surface area contributed by atoms with E-state index in [9.17, 15) is 0 Å². The molecule has 0 saturated carbocycles. The van der Waals surface area contributed by atoms with Crippen molar-refractivity contribution in [2.45, 2.75) is 26.3 Å². The third kappa shape index (κ3) is 3.52. The molecule has 0 amide bonds. The van der Waals surface area contributed by atoms with Gasteiger partial charge in [-0.15, -0.1) is 0 Å². The lowest BCUT2D eigenvalue weighted by Gasteiger charge is -2.27. The first-order valence-corrected chi connectivity index (χ1v) is 7.80. The second-order valence-corrected chi connectivity index (χ2v) is 6.00. The average Bonchev–Trinajstić information content (AvgIpc) is 2.32. The highest BCUT2D eigenvalue weighted by molar-refractivity contribution is 9.10. The number of nitrogens with two attached hydrogens (primary N) is 1. The van der Waals surface area contributed by atoms with Gasteiger partial charge >= 0.3 is 0 Å². The Kier molecular flexibility index (Phi) is 5.59. The predicted octanol–water partition coefficient (Wildman–Crippen LogP) is 3.31. The van der Waals surface area contributed by atoms with E-state index in [4.69, 9.17) is 5.73 Å². The van der Waals surface area contributed by atoms with Crippen molar-refractivity contribution in [3.63, 3.8) is 0 Å². The number of anilines is 2. The van der Waals surface area contributed by atoms with Crippen LogP contribution in [-0.2, 0) is 0 Å². The predicted molar refractivity (Wildman–Crippen MR) is 82.0 cm³/mol. The number of thioether (sulfide) groups is 1. The van der Waals surface area contributed by atoms with Crippen molar-refractivity contribution < 1.29 is 0 Å². The molecular formula is C12H20BrN3S. The summed E-state index contributed by atoms with van der Waals surface area (Å²) in [4.78, 5) is 6.62. The van der Waals surface area contributed by atoms with Gasteiger partial charge in [0.25, 0.3) is 0 Å². The fourth-order valence-corrected chi connectivity index (χ4v) is 2.70. The number of hydrogen-bond acceptors (Lipinski definition) is 4. The Labute approximate surface area is 116 Å². The molecule has 5 heteroatoms. The van der Waals surface area contributed by atoms with Gasteiger partial charge in [0, 0.05) is 13.1 Å². The van der Waals surface area contributed by atoms with Crippen molar-refractivity contribution in [3.05, 3.63) is 16.2 Å². The molecular weight excluding hydrogens is 298 g/mol. The van der Waals surface area contributed by atoms with Gasteiger partial charge in [-0.2, -0.15) is 11.8 Å². The Morgan fingerprint density at radius 1 is 1.59 bits per heavy atom. The van der Waals surface area contributed by atoms with Gasteiger partial charge in [-0.1, -0.05) is 0 Å². The maximum Gasteiger partial charge on any atom is 0.143 e. The molecule has 1 heterocycles. The molecule has 1 atom stereocenters. The summed E-state index contributed by atoms with van der Waals surface area (Å²) in [5, 5.41) is 0. The van der Waals surface area contributed by atoms with E-state index in [0.717, 1.165) is 33.7 Å². The number of rotatable bonds is 5. The summed E-state index contributed by atoms with van der Waals surface area (Å²) in [6, 6.07) is 0.467. The molecule has 1 aromatic rings. The zero-order valence-electron chi connectivity index (χ0n) is 10.8. The second-order valence-electron chi connectivity index (χ2n) is 4.22. The Hall–Kier alpha value is -0.420. The topological polar surface area (TPSA) is 42.2 Å². The van der Waals surface area contributed by atoms with E-state index >= 15 is 0 Å². The second kappa shape index (κ2) is 6.50. The monoisotopic (exact) mass is 317 g/mol. The Bertz CT molecular complexity index is 384. The van der Waals surface area contributed by atoms with Crippen LogP contribution < -0.4 is 10.6 Å². The number of aromatic nitrogens is 1. The third-order valence-electron chi connectivity index (χ3n) is 3.02. The van der Waals surface area contributed by atoms with Crippen molar-refractivity contribution in [3.8, 4) is 0 Å². The molecule has 0 aliphatic carbocycles. The molecule has 2 N–H and O–H groups in total. The van der Waals surface area contributed by atoms with Crippen LogP contribution in [0.1, 0.15) is 18.9 Å². The maximum absolute atomic E-state index is 5.83. The van der Waals surface area contributed by atoms with E-state index in [1.54, 1.807) is 6.20 Å². The third-order valence-corrected chi connectivity index (χ3v) is 4.61. The van der Waals surface area contributed by atoms with Crippen molar-refractivity contribution in [2.24, 2.45) is 0 Å². The highest BCUT2D eigenvalue weighted by Gasteiger charge is 2.16. The van der Waals surface area contributed by atoms with Crippen LogP contribution in [0, 0.1) is 6.92 Å². The summed E-state index contributed by atoms with van der Waals surface area (Å²) in [5.74, 6) is 2.13. The molecule has 0 radical (unpaired) electrons. The minimum Gasteiger partial charge on any atom is -0.397 e. The first-order chi connectivity index (χ1) is 7.99. The zero-order valence-corrected chi connectivity index (χ0v) is 13.2. The van der Waals surface area contributed by atoms with E-state index in [1.807, 2.05) is 18.7 Å². The molecule has 0 fully saturated rings. The zero-order chi connectivity index (χ0) is 13.0. The number of nitrogens with zero attached hydrogens (tertiary/aromatic N) is 2. The van der Waals surface area contributed by atoms with E-state index in [-0.39, 0.29) is 0 Å². The maximum atomic E-state index is 5.83. The van der Waals surface area contributed by atoms with Crippen LogP contribution in [0.5, 0.6) is 0 Å². The lowest BCUT2D eigenvalue weighted by atomic mass is 10.2. The number of hydrogen-bond donors (Lipinski definition) is 1. The van der Waals surface area contributed by atoms with Crippen LogP contribution in [0.15, 0.2) is 10.7 Å². The quantitative estimate of drug-likeness (QED) is 0.904. The van der Waals surface area contributed by atoms with Crippen LogP contribution in [0.2, 0.25) is 0 Å². The molecule has 0 bridgehead atoms. The summed E-state index contributed by atoms with van der Waals surface area (Å²) >= 11 is 5.45. The molecule has 0 aliphatic heterocycles. The van der Waals surface area contributed by atoms with Gasteiger partial charge in [-0.05, 0) is 53.8 Å². The van der Waals surface area contributed by atoms with Crippen molar-refractivity contribution in [1.82, 2.24) is 4.98 Å². The Morgan fingerprint density at radius 3 is 2.82 bits per heavy atom. The summed E-state index contributed by atoms with van der Waals surface area (Å²) < 4.78 is 0.996. The number of pyridine rings is 1. The molecule has 17 heavy (non-hydrogen) atoms. The van der Waals surface area contributed by atoms with E-state index in [1.165, 1.54) is 0 Å². The van der Waals surface area contributed by atoms with E-state index in [2.05, 4.69) is 46.0 Å². The van der Waals surface area contributed by atoms with Crippen molar-refractivity contribution >= 4 is 39.2 Å². The van der Waals surface area contributed by atoms with Crippen LogP contribution in [0.3, 0.4) is 0 Å². The molecule has 3 nitrogen and oxygen atoms in total. The molecule has 0 spiro atoms. The highest BCUT2D eigenvalue weighted by Crippen LogP contribution is 2.31. The first kappa shape index (κ1) is 14.6. The van der Waals surface area contributed by atoms with Gasteiger partial charge in [0.15, 0.2) is 0 Å². The van der Waals surface area contributed by atoms with Gasteiger partial charge < -0.3 is 10.6 Å². The Morgan fingerprint density at radius 2 is 2.24 bits per heavy atom. The van der Waals surface area contributed by atoms with Gasteiger partial charge in [0.2, 0.25) is 0 Å². The van der Waals surface area contributed by atoms with Crippen LogP contribution in [0.25, 0.3) is 0 Å². The fourth-order valence-electron chi connectivity index (χ4n) is 1.52. The van der Waals surface area contributed by atoms with Crippen molar-refractivity contribution in [1.29, 1.82) is 0 Å². The van der Waals surface area contributed by atoms with Crippen LogP contribution in [-0.4, -0.2) is 30.1 Å². The number of halogens is 1. The van der Waals surface area contributed by atoms with Gasteiger partial charge in [-0.25, -0.2) is 4.98 Å². The Balaban J connectivity index is 2.89. The molecule has 96 valence electrons. The lowest BCUT2D eigenvalue weighted by molar-refractivity contribution is 0.661. The van der Waals surface area contributed by atoms with Crippen LogP contribution >= 0.6 is 27.7 Å². The SMILES string of the molecule is CSCCC(C)N(C)c1ncc(N)c(C)c1Br. The smallest absolute Gasteiger partial charge is 0.143 e. The minimum atomic E-state index is 0.467. The van der Waals surface area contributed by atoms with Crippen LogP contribution in [0.4, 0.5) is 11.5 Å². The molecule has 1 aromatic heterocycles. The van der Waals surface area contributed by atoms with E-state index < -0.39 is 0 Å². The standard InChI is InChI=1S/C12H20BrN3S/c1-8(5-6-17-4)16(3)12-11(13)9(2)10(14)7-15-12/h7-8H,5-6,14H2,1-4H3. The molecule has 1 rings (SSSR count). The summed E-state index contributed by atoms with van der Waals surface area (Å²) in [7, 11) is 2.08. The van der Waals surface area contributed by atoms with Gasteiger partial charge in [0.1, 0.15) is 5.82 Å². The molecule has 0 aliphatic rings. The normalized spacial score (nSPS) is 12.5. The van der Waals surface area contributed by atoms with Gasteiger partial charge in [-0.3, -0.25) is 0 Å². The largest absolute Gasteiger partial charge is 0.397 e. The molecule has 0 saturated heterocycles. The summed E-state index contributed by atoms with van der Waals surface area (Å²) in [6.07, 6.45) is 5.01. The van der Waals surface area contributed by atoms with Gasteiger partial charge in [0.05, 0.1) is 16.4 Å². The van der Waals surface area contributed by atoms with Crippen molar-refractivity contribution in [2.75, 3.05) is 29.7 Å². The summed E-state index contributed by atoms with van der Waals surface area (Å²) in [5.41, 5.74) is 7.61. The average molecular weight is 318 g/mol. The first-order valence-electron chi connectivity index (χ1n) is 5.61.